The summed E-state index contributed by atoms with van der Waals surface area (Å²) in [6.45, 7) is 3.87. The van der Waals surface area contributed by atoms with E-state index in [0.29, 0.717) is 24.0 Å². The third-order valence-electron chi connectivity index (χ3n) is 5.47. The molecule has 0 bridgehead atoms. The summed E-state index contributed by atoms with van der Waals surface area (Å²) in [7, 11) is 0. The lowest BCUT2D eigenvalue weighted by Gasteiger charge is -2.13. The van der Waals surface area contributed by atoms with Crippen LogP contribution in [0.4, 0.5) is 0 Å². The molecular weight excluding hydrogens is 408 g/mol. The molecule has 0 heterocycles. The van der Waals surface area contributed by atoms with Gasteiger partial charge in [-0.15, -0.1) is 0 Å². The number of ketones is 2. The average molecular weight is 435 g/mol. The highest BCUT2D eigenvalue weighted by atomic mass is 16.5. The minimum Gasteiger partial charge on any atom is -0.450 e. The largest absolute Gasteiger partial charge is 0.450 e. The molecule has 0 aliphatic carbocycles. The van der Waals surface area contributed by atoms with E-state index in [-0.39, 0.29) is 23.1 Å². The highest BCUT2D eigenvalue weighted by Gasteiger charge is 2.21. The molecule has 0 aliphatic rings. The third-order valence-corrected chi connectivity index (χ3v) is 5.47. The number of allylic oxidation sites excluding steroid dienone is 4. The summed E-state index contributed by atoms with van der Waals surface area (Å²) in [6.07, 6.45) is 4.68. The molecule has 164 valence electrons. The molecule has 3 heteroatoms. The van der Waals surface area contributed by atoms with Gasteiger partial charge in [0, 0.05) is 11.1 Å². The van der Waals surface area contributed by atoms with Gasteiger partial charge in [0.25, 0.3) is 0 Å². The number of hydrogen-bond donors (Lipinski definition) is 0. The van der Waals surface area contributed by atoms with Gasteiger partial charge in [0.05, 0.1) is 0 Å². The van der Waals surface area contributed by atoms with E-state index in [9.17, 15) is 9.59 Å². The molecule has 3 nitrogen and oxygen atoms in total. The lowest BCUT2D eigenvalue weighted by atomic mass is 10.0. The molecule has 4 aromatic carbocycles. The molecule has 0 saturated carbocycles. The monoisotopic (exact) mass is 434 g/mol. The molecule has 33 heavy (non-hydrogen) atoms. The first-order valence-electron chi connectivity index (χ1n) is 11.3. The van der Waals surface area contributed by atoms with Crippen molar-refractivity contribution >= 4 is 33.1 Å². The maximum Gasteiger partial charge on any atom is 0.227 e. The molecule has 0 amide bonds. The van der Waals surface area contributed by atoms with Crippen molar-refractivity contribution in [2.75, 3.05) is 0 Å². The Balaban J connectivity index is 1.64. The fourth-order valence-electron chi connectivity index (χ4n) is 3.80. The van der Waals surface area contributed by atoms with Crippen LogP contribution in [-0.2, 0) is 4.74 Å². The van der Waals surface area contributed by atoms with Crippen molar-refractivity contribution in [1.29, 1.82) is 0 Å². The maximum atomic E-state index is 13.3. The molecule has 0 fully saturated rings. The van der Waals surface area contributed by atoms with Gasteiger partial charge < -0.3 is 4.74 Å². The number of ether oxygens (including phenoxy) is 1. The molecule has 0 spiro atoms. The van der Waals surface area contributed by atoms with Crippen LogP contribution in [0.15, 0.2) is 109 Å². The van der Waals surface area contributed by atoms with Crippen LogP contribution in [0.2, 0.25) is 0 Å². The van der Waals surface area contributed by atoms with Crippen molar-refractivity contribution in [3.8, 4) is 0 Å². The van der Waals surface area contributed by atoms with Gasteiger partial charge in [-0.1, -0.05) is 86.6 Å². The van der Waals surface area contributed by atoms with Crippen molar-refractivity contribution in [2.45, 2.75) is 26.7 Å². The van der Waals surface area contributed by atoms with Crippen molar-refractivity contribution in [3.63, 3.8) is 0 Å². The maximum absolute atomic E-state index is 13.3. The summed E-state index contributed by atoms with van der Waals surface area (Å²) in [5, 5.41) is 4.09. The topological polar surface area (TPSA) is 43.4 Å². The van der Waals surface area contributed by atoms with Gasteiger partial charge in [0.2, 0.25) is 11.6 Å². The van der Waals surface area contributed by atoms with E-state index < -0.39 is 0 Å². The highest BCUT2D eigenvalue weighted by molar-refractivity contribution is 6.12. The standard InChI is InChI=1S/C30H26O3/c1-3-9-27(29(31)25-17-15-21-11-5-7-13-23(21)19-25)33-28(10-4-2)30(32)26-18-16-22-12-6-8-14-24(22)20-26/h5-20H,3-4H2,1-2H3/b27-9-,28-10-. The van der Waals surface area contributed by atoms with Crippen LogP contribution in [0, 0.1) is 0 Å². The Bertz CT molecular complexity index is 1280. The van der Waals surface area contributed by atoms with Crippen LogP contribution in [0.1, 0.15) is 47.4 Å². The number of carbonyl (C=O) groups is 2. The average Bonchev–Trinajstić information content (AvgIpc) is 2.86. The summed E-state index contributed by atoms with van der Waals surface area (Å²) in [6, 6.07) is 27.0. The lowest BCUT2D eigenvalue weighted by Crippen LogP contribution is -2.13. The van der Waals surface area contributed by atoms with Crippen LogP contribution in [0.5, 0.6) is 0 Å². The van der Waals surface area contributed by atoms with Gasteiger partial charge in [0.15, 0.2) is 11.5 Å². The van der Waals surface area contributed by atoms with Crippen molar-refractivity contribution in [1.82, 2.24) is 0 Å². The van der Waals surface area contributed by atoms with E-state index >= 15 is 0 Å². The first-order chi connectivity index (χ1) is 16.1. The van der Waals surface area contributed by atoms with Gasteiger partial charge >= 0.3 is 0 Å². The van der Waals surface area contributed by atoms with Crippen LogP contribution in [0.25, 0.3) is 21.5 Å². The van der Waals surface area contributed by atoms with Gasteiger partial charge in [-0.3, -0.25) is 9.59 Å². The Morgan fingerprint density at radius 3 is 1.39 bits per heavy atom. The zero-order valence-corrected chi connectivity index (χ0v) is 18.9. The van der Waals surface area contributed by atoms with Crippen molar-refractivity contribution in [2.24, 2.45) is 0 Å². The zero-order valence-electron chi connectivity index (χ0n) is 18.9. The number of Topliss-reactive ketones (excluding diaryl/α,β-unsaturated/α-hetero) is 2. The second-order valence-corrected chi connectivity index (χ2v) is 7.84. The fraction of sp³-hybridized carbons (Fsp3) is 0.133. The second kappa shape index (κ2) is 10.1. The first-order valence-corrected chi connectivity index (χ1v) is 11.3. The van der Waals surface area contributed by atoms with E-state index in [2.05, 4.69) is 0 Å². The van der Waals surface area contributed by atoms with Crippen LogP contribution < -0.4 is 0 Å². The molecule has 0 radical (unpaired) electrons. The first kappa shape index (κ1) is 22.2. The van der Waals surface area contributed by atoms with Crippen LogP contribution in [0.3, 0.4) is 0 Å². The van der Waals surface area contributed by atoms with E-state index in [1.807, 2.05) is 86.6 Å². The number of carbonyl (C=O) groups excluding carboxylic acids is 2. The normalized spacial score (nSPS) is 12.2. The van der Waals surface area contributed by atoms with E-state index in [4.69, 9.17) is 4.74 Å². The molecule has 0 saturated heterocycles. The van der Waals surface area contributed by atoms with E-state index in [0.717, 1.165) is 21.5 Å². The fourth-order valence-corrected chi connectivity index (χ4v) is 3.80. The summed E-state index contributed by atoms with van der Waals surface area (Å²) in [5.41, 5.74) is 1.06. The molecule has 0 N–H and O–H groups in total. The number of rotatable bonds is 8. The molecular formula is C30H26O3. The van der Waals surface area contributed by atoms with Gasteiger partial charge in [0.1, 0.15) is 0 Å². The smallest absolute Gasteiger partial charge is 0.227 e. The lowest BCUT2D eigenvalue weighted by molar-refractivity contribution is 0.0899. The molecule has 0 unspecified atom stereocenters. The Labute approximate surface area is 194 Å². The molecule has 4 aromatic rings. The summed E-state index contributed by atoms with van der Waals surface area (Å²) >= 11 is 0. The van der Waals surface area contributed by atoms with E-state index in [1.54, 1.807) is 24.3 Å². The predicted octanol–water partition coefficient (Wildman–Crippen LogP) is 7.66. The number of benzene rings is 4. The molecule has 0 atom stereocenters. The van der Waals surface area contributed by atoms with Crippen molar-refractivity contribution < 1.29 is 14.3 Å². The summed E-state index contributed by atoms with van der Waals surface area (Å²) < 4.78 is 6.01. The minimum absolute atomic E-state index is 0.168. The Kier molecular flexibility index (Phi) is 6.80. The SMILES string of the molecule is CC/C=C(\O/C(=C\CC)C(=O)c1ccc2ccccc2c1)C(=O)c1ccc2ccccc2c1. The summed E-state index contributed by atoms with van der Waals surface area (Å²) in [4.78, 5) is 26.6. The molecule has 0 aromatic heterocycles. The van der Waals surface area contributed by atoms with Crippen LogP contribution >= 0.6 is 0 Å². The number of hydrogen-bond acceptors (Lipinski definition) is 3. The Hall–Kier alpha value is -3.98. The predicted molar refractivity (Wildman–Crippen MR) is 134 cm³/mol. The Morgan fingerprint density at radius 1 is 0.606 bits per heavy atom. The quantitative estimate of drug-likeness (QED) is 0.162. The van der Waals surface area contributed by atoms with E-state index in [1.165, 1.54) is 0 Å². The third kappa shape index (κ3) is 4.93. The minimum atomic E-state index is -0.240. The van der Waals surface area contributed by atoms with Gasteiger partial charge in [-0.05, 0) is 58.7 Å². The second-order valence-electron chi connectivity index (χ2n) is 7.84. The number of fused-ring (bicyclic) bond motifs is 2. The Morgan fingerprint density at radius 2 is 1.00 bits per heavy atom. The van der Waals surface area contributed by atoms with Gasteiger partial charge in [-0.2, -0.15) is 0 Å². The van der Waals surface area contributed by atoms with Crippen LogP contribution in [-0.4, -0.2) is 11.6 Å². The summed E-state index contributed by atoms with van der Waals surface area (Å²) in [5.74, 6) is -0.143. The molecule has 0 aliphatic heterocycles. The molecule has 4 rings (SSSR count). The van der Waals surface area contributed by atoms with Gasteiger partial charge in [-0.25, -0.2) is 0 Å². The highest BCUT2D eigenvalue weighted by Crippen LogP contribution is 2.23. The zero-order chi connectivity index (χ0) is 23.2. The van der Waals surface area contributed by atoms with Crippen molar-refractivity contribution in [3.05, 3.63) is 120 Å².